The zero-order valence-electron chi connectivity index (χ0n) is 17.5. The molecule has 1 saturated carbocycles. The zero-order chi connectivity index (χ0) is 20.5. The second-order valence-electron chi connectivity index (χ2n) is 8.84. The van der Waals surface area contributed by atoms with Crippen LogP contribution in [0.3, 0.4) is 0 Å². The number of urea groups is 1. The van der Waals surface area contributed by atoms with Crippen molar-refractivity contribution in [2.75, 3.05) is 18.4 Å². The Bertz CT molecular complexity index is 1080. The van der Waals surface area contributed by atoms with Crippen LogP contribution in [0.25, 0.3) is 10.9 Å². The maximum Gasteiger partial charge on any atom is 0.321 e. The summed E-state index contributed by atoms with van der Waals surface area (Å²) >= 11 is 0. The van der Waals surface area contributed by atoms with E-state index in [4.69, 9.17) is 0 Å². The molecule has 2 bridgehead atoms. The number of carbonyl (C=O) groups is 1. The van der Waals surface area contributed by atoms with Crippen LogP contribution in [0, 0.1) is 24.7 Å². The molecule has 3 atom stereocenters. The first-order chi connectivity index (χ1) is 14.7. The molecule has 3 aromatic rings. The topological polar surface area (TPSA) is 48.1 Å². The molecule has 1 fully saturated rings. The Labute approximate surface area is 178 Å². The molecule has 0 aliphatic heterocycles. The predicted molar refractivity (Wildman–Crippen MR) is 123 cm³/mol. The number of rotatable bonds is 6. The molecular formula is C26H29N3O. The summed E-state index contributed by atoms with van der Waals surface area (Å²) in [6, 6.07) is 16.4. The number of allylic oxidation sites excluding steroid dienone is 2. The number of hydrogen-bond acceptors (Lipinski definition) is 1. The lowest BCUT2D eigenvalue weighted by Gasteiger charge is -2.29. The largest absolute Gasteiger partial charge is 0.361 e. The van der Waals surface area contributed by atoms with E-state index >= 15 is 0 Å². The number of anilines is 1. The van der Waals surface area contributed by atoms with Gasteiger partial charge in [-0.1, -0.05) is 48.6 Å². The van der Waals surface area contributed by atoms with Crippen LogP contribution in [0.1, 0.15) is 24.0 Å². The molecule has 1 heterocycles. The molecule has 2 aliphatic carbocycles. The van der Waals surface area contributed by atoms with Crippen molar-refractivity contribution in [1.82, 2.24) is 9.88 Å². The fourth-order valence-electron chi connectivity index (χ4n) is 5.16. The van der Waals surface area contributed by atoms with Gasteiger partial charge in [-0.3, -0.25) is 0 Å². The van der Waals surface area contributed by atoms with Crippen LogP contribution < -0.4 is 5.32 Å². The van der Waals surface area contributed by atoms with E-state index in [0.29, 0.717) is 11.8 Å². The summed E-state index contributed by atoms with van der Waals surface area (Å²) in [5.74, 6) is 1.93. The minimum Gasteiger partial charge on any atom is -0.361 e. The molecule has 4 nitrogen and oxygen atoms in total. The molecule has 3 unspecified atom stereocenters. The summed E-state index contributed by atoms with van der Waals surface area (Å²) in [5.41, 5.74) is 4.41. The Morgan fingerprint density at radius 1 is 1.10 bits per heavy atom. The molecule has 154 valence electrons. The molecule has 2 amide bonds. The number of hydrogen-bond donors (Lipinski definition) is 2. The Kier molecular flexibility index (Phi) is 5.07. The van der Waals surface area contributed by atoms with Crippen molar-refractivity contribution in [3.63, 3.8) is 0 Å². The van der Waals surface area contributed by atoms with Gasteiger partial charge in [0, 0.05) is 35.9 Å². The van der Waals surface area contributed by atoms with E-state index < -0.39 is 0 Å². The number of carbonyl (C=O) groups excluding carboxylic acids is 1. The zero-order valence-corrected chi connectivity index (χ0v) is 17.5. The lowest BCUT2D eigenvalue weighted by molar-refractivity contribution is 0.196. The van der Waals surface area contributed by atoms with Gasteiger partial charge >= 0.3 is 6.03 Å². The molecule has 30 heavy (non-hydrogen) atoms. The van der Waals surface area contributed by atoms with Crippen molar-refractivity contribution in [2.24, 2.45) is 17.8 Å². The van der Waals surface area contributed by atoms with Gasteiger partial charge in [0.05, 0.1) is 0 Å². The molecule has 2 N–H and O–H groups in total. The van der Waals surface area contributed by atoms with E-state index in [1.165, 1.54) is 23.8 Å². The van der Waals surface area contributed by atoms with Gasteiger partial charge in [0.2, 0.25) is 0 Å². The van der Waals surface area contributed by atoms with E-state index in [1.54, 1.807) is 0 Å². The van der Waals surface area contributed by atoms with Gasteiger partial charge in [-0.05, 0) is 67.2 Å². The smallest absolute Gasteiger partial charge is 0.321 e. The number of aromatic nitrogens is 1. The van der Waals surface area contributed by atoms with Gasteiger partial charge in [0.1, 0.15) is 0 Å². The van der Waals surface area contributed by atoms with Crippen LogP contribution in [-0.4, -0.2) is 29.0 Å². The lowest BCUT2D eigenvalue weighted by Crippen LogP contribution is -2.40. The maximum atomic E-state index is 13.3. The third kappa shape index (κ3) is 3.74. The summed E-state index contributed by atoms with van der Waals surface area (Å²) in [5, 5.41) is 4.41. The first kappa shape index (κ1) is 19.0. The standard InChI is InChI=1S/C26H29N3O/c1-18-6-2-4-8-24(18)28-26(30)29(17-22-15-19-10-11-20(22)14-19)13-12-21-16-27-25-9-5-3-7-23(21)25/h2-11,16,19-20,22,27H,12-15,17H2,1H3,(H,28,30). The van der Waals surface area contributed by atoms with Gasteiger partial charge in [0.25, 0.3) is 0 Å². The van der Waals surface area contributed by atoms with Crippen LogP contribution in [0.4, 0.5) is 10.5 Å². The van der Waals surface area contributed by atoms with E-state index in [9.17, 15) is 4.79 Å². The number of fused-ring (bicyclic) bond motifs is 3. The number of amides is 2. The van der Waals surface area contributed by atoms with Crippen LogP contribution >= 0.6 is 0 Å². The van der Waals surface area contributed by atoms with Gasteiger partial charge in [0.15, 0.2) is 0 Å². The Balaban J connectivity index is 1.33. The Hall–Kier alpha value is -3.01. The third-order valence-corrected chi connectivity index (χ3v) is 6.87. The van der Waals surface area contributed by atoms with E-state index in [0.717, 1.165) is 42.2 Å². The highest BCUT2D eigenvalue weighted by atomic mass is 16.2. The quantitative estimate of drug-likeness (QED) is 0.508. The summed E-state index contributed by atoms with van der Waals surface area (Å²) in [4.78, 5) is 18.7. The average Bonchev–Trinajstić information content (AvgIpc) is 3.48. The second kappa shape index (κ2) is 8.02. The van der Waals surface area contributed by atoms with Crippen molar-refractivity contribution in [2.45, 2.75) is 26.2 Å². The van der Waals surface area contributed by atoms with E-state index in [-0.39, 0.29) is 6.03 Å². The third-order valence-electron chi connectivity index (χ3n) is 6.87. The first-order valence-corrected chi connectivity index (χ1v) is 11.0. The highest BCUT2D eigenvalue weighted by Gasteiger charge is 2.37. The number of aromatic amines is 1. The molecule has 0 spiro atoms. The SMILES string of the molecule is Cc1ccccc1NC(=O)N(CCc1c[nH]c2ccccc12)CC1CC2C=CC1C2. The van der Waals surface area contributed by atoms with Crippen LogP contribution in [-0.2, 0) is 6.42 Å². The number of nitrogens with zero attached hydrogens (tertiary/aromatic N) is 1. The minimum atomic E-state index is 0.0101. The average molecular weight is 400 g/mol. The molecule has 5 rings (SSSR count). The Morgan fingerprint density at radius 3 is 2.73 bits per heavy atom. The number of nitrogens with one attached hydrogen (secondary N) is 2. The molecule has 0 saturated heterocycles. The highest BCUT2D eigenvalue weighted by molar-refractivity contribution is 5.90. The Morgan fingerprint density at radius 2 is 1.93 bits per heavy atom. The van der Waals surface area contributed by atoms with Crippen molar-refractivity contribution >= 4 is 22.6 Å². The van der Waals surface area contributed by atoms with Crippen LogP contribution in [0.15, 0.2) is 66.9 Å². The summed E-state index contributed by atoms with van der Waals surface area (Å²) < 4.78 is 0. The fraction of sp³-hybridized carbons (Fsp3) is 0.346. The molecular weight excluding hydrogens is 370 g/mol. The van der Waals surface area contributed by atoms with Crippen molar-refractivity contribution in [3.05, 3.63) is 78.0 Å². The maximum absolute atomic E-state index is 13.3. The molecule has 4 heteroatoms. The van der Waals surface area contributed by atoms with Crippen molar-refractivity contribution in [1.29, 1.82) is 0 Å². The summed E-state index contributed by atoms with van der Waals surface area (Å²) in [7, 11) is 0. The number of benzene rings is 2. The van der Waals surface area contributed by atoms with Crippen molar-refractivity contribution < 1.29 is 4.79 Å². The van der Waals surface area contributed by atoms with Gasteiger partial charge < -0.3 is 15.2 Å². The number of H-pyrrole nitrogens is 1. The van der Waals surface area contributed by atoms with E-state index in [2.05, 4.69) is 46.8 Å². The normalized spacial score (nSPS) is 22.0. The predicted octanol–water partition coefficient (Wildman–Crippen LogP) is 5.77. The second-order valence-corrected chi connectivity index (χ2v) is 8.84. The van der Waals surface area contributed by atoms with Crippen LogP contribution in [0.2, 0.25) is 0 Å². The first-order valence-electron chi connectivity index (χ1n) is 11.0. The molecule has 2 aromatic carbocycles. The van der Waals surface area contributed by atoms with E-state index in [1.807, 2.05) is 42.2 Å². The highest BCUT2D eigenvalue weighted by Crippen LogP contribution is 2.43. The van der Waals surface area contributed by atoms with Crippen molar-refractivity contribution in [3.8, 4) is 0 Å². The molecule has 1 aromatic heterocycles. The monoisotopic (exact) mass is 399 g/mol. The number of para-hydroxylation sites is 2. The number of aryl methyl sites for hydroxylation is 1. The molecule has 0 radical (unpaired) electrons. The van der Waals surface area contributed by atoms with Gasteiger partial charge in [-0.2, -0.15) is 0 Å². The van der Waals surface area contributed by atoms with Crippen LogP contribution in [0.5, 0.6) is 0 Å². The summed E-state index contributed by atoms with van der Waals surface area (Å²) in [6.07, 6.45) is 10.1. The minimum absolute atomic E-state index is 0.0101. The fourth-order valence-corrected chi connectivity index (χ4v) is 5.16. The summed E-state index contributed by atoms with van der Waals surface area (Å²) in [6.45, 7) is 3.58. The molecule has 2 aliphatic rings. The van der Waals surface area contributed by atoms with Gasteiger partial charge in [-0.25, -0.2) is 4.79 Å². The van der Waals surface area contributed by atoms with Gasteiger partial charge in [-0.15, -0.1) is 0 Å². The lowest BCUT2D eigenvalue weighted by atomic mass is 9.93.